The van der Waals surface area contributed by atoms with E-state index in [1.54, 1.807) is 4.90 Å². The molecule has 0 aromatic heterocycles. The van der Waals surface area contributed by atoms with Gasteiger partial charge >= 0.3 is 0 Å². The number of hydrogen-bond acceptors (Lipinski definition) is 5. The van der Waals surface area contributed by atoms with Gasteiger partial charge in [0.25, 0.3) is 0 Å². The van der Waals surface area contributed by atoms with E-state index in [9.17, 15) is 9.59 Å². The predicted octanol–water partition coefficient (Wildman–Crippen LogP) is 1.54. The van der Waals surface area contributed by atoms with Gasteiger partial charge in [-0.2, -0.15) is 5.26 Å². The molecule has 1 N–H and O–H groups in total. The first kappa shape index (κ1) is 17.8. The summed E-state index contributed by atoms with van der Waals surface area (Å²) >= 11 is 0. The van der Waals surface area contributed by atoms with Crippen molar-refractivity contribution in [3.05, 3.63) is 23.8 Å². The number of amides is 2. The standard InChI is InChI=1S/C20H24N4O3/c21-11-14-3-2-9-24(14)20(26)13-23-10-8-15(12-23)27-18-5-1-4-17-16(18)6-7-19(25)22-17/h1,4-5,14-15H,2-3,6-10,12-13H2,(H,22,25)/t14-,15-/m0/s1. The number of fused-ring (bicyclic) bond motifs is 1. The predicted molar refractivity (Wildman–Crippen MR) is 99.2 cm³/mol. The first-order valence-corrected chi connectivity index (χ1v) is 9.64. The monoisotopic (exact) mass is 368 g/mol. The lowest BCUT2D eigenvalue weighted by atomic mass is 10.0. The Morgan fingerprint density at radius 3 is 3.04 bits per heavy atom. The van der Waals surface area contributed by atoms with E-state index >= 15 is 0 Å². The Morgan fingerprint density at radius 2 is 2.19 bits per heavy atom. The Bertz CT molecular complexity index is 788. The van der Waals surface area contributed by atoms with Crippen LogP contribution in [0.5, 0.6) is 5.75 Å². The molecule has 0 unspecified atom stereocenters. The average Bonchev–Trinajstić information content (AvgIpc) is 3.30. The van der Waals surface area contributed by atoms with Crippen molar-refractivity contribution in [1.29, 1.82) is 5.26 Å². The van der Waals surface area contributed by atoms with Crippen LogP contribution in [-0.2, 0) is 16.0 Å². The molecular formula is C20H24N4O3. The molecule has 27 heavy (non-hydrogen) atoms. The van der Waals surface area contributed by atoms with Crippen molar-refractivity contribution >= 4 is 17.5 Å². The number of rotatable bonds is 4. The molecule has 1 aromatic rings. The lowest BCUT2D eigenvalue weighted by Crippen LogP contribution is -2.42. The highest BCUT2D eigenvalue weighted by atomic mass is 16.5. The molecule has 0 spiro atoms. The first-order valence-electron chi connectivity index (χ1n) is 9.64. The van der Waals surface area contributed by atoms with E-state index in [0.29, 0.717) is 32.5 Å². The third-order valence-corrected chi connectivity index (χ3v) is 5.61. The van der Waals surface area contributed by atoms with Crippen molar-refractivity contribution in [3.8, 4) is 11.8 Å². The minimum Gasteiger partial charge on any atom is -0.489 e. The van der Waals surface area contributed by atoms with Crippen LogP contribution in [-0.4, -0.2) is 59.9 Å². The van der Waals surface area contributed by atoms with E-state index in [4.69, 9.17) is 10.00 Å². The fourth-order valence-corrected chi connectivity index (χ4v) is 4.20. The number of carbonyl (C=O) groups excluding carboxylic acids is 2. The Hall–Kier alpha value is -2.59. The van der Waals surface area contributed by atoms with E-state index in [2.05, 4.69) is 16.3 Å². The summed E-state index contributed by atoms with van der Waals surface area (Å²) in [4.78, 5) is 27.9. The molecule has 7 nitrogen and oxygen atoms in total. The molecule has 0 aliphatic carbocycles. The van der Waals surface area contributed by atoms with Gasteiger partial charge in [-0.15, -0.1) is 0 Å². The molecule has 3 aliphatic heterocycles. The van der Waals surface area contributed by atoms with Gasteiger partial charge in [0, 0.05) is 37.3 Å². The summed E-state index contributed by atoms with van der Waals surface area (Å²) in [6.07, 6.45) is 3.76. The van der Waals surface area contributed by atoms with Gasteiger partial charge in [-0.3, -0.25) is 14.5 Å². The molecule has 2 fully saturated rings. The molecular weight excluding hydrogens is 344 g/mol. The number of likely N-dealkylation sites (tertiary alicyclic amines) is 2. The molecule has 0 bridgehead atoms. The van der Waals surface area contributed by atoms with Crippen molar-refractivity contribution in [2.45, 2.75) is 44.2 Å². The van der Waals surface area contributed by atoms with E-state index < -0.39 is 0 Å². The Labute approximate surface area is 158 Å². The number of nitriles is 1. The second kappa shape index (κ2) is 7.57. The average molecular weight is 368 g/mol. The zero-order valence-electron chi connectivity index (χ0n) is 15.3. The lowest BCUT2D eigenvalue weighted by Gasteiger charge is -2.24. The highest BCUT2D eigenvalue weighted by Crippen LogP contribution is 2.32. The van der Waals surface area contributed by atoms with Crippen LogP contribution >= 0.6 is 0 Å². The Balaban J connectivity index is 1.34. The second-order valence-electron chi connectivity index (χ2n) is 7.47. The van der Waals surface area contributed by atoms with Gasteiger partial charge in [-0.25, -0.2) is 0 Å². The summed E-state index contributed by atoms with van der Waals surface area (Å²) in [6.45, 7) is 2.55. The van der Waals surface area contributed by atoms with Crippen LogP contribution in [0.25, 0.3) is 0 Å². The van der Waals surface area contributed by atoms with Gasteiger partial charge in [0.1, 0.15) is 17.9 Å². The number of hydrogen-bond donors (Lipinski definition) is 1. The maximum Gasteiger partial charge on any atom is 0.237 e. The van der Waals surface area contributed by atoms with Gasteiger partial charge in [0.2, 0.25) is 11.8 Å². The van der Waals surface area contributed by atoms with Crippen LogP contribution in [0.1, 0.15) is 31.2 Å². The second-order valence-corrected chi connectivity index (χ2v) is 7.47. The van der Waals surface area contributed by atoms with Gasteiger partial charge in [0.15, 0.2) is 0 Å². The molecule has 3 aliphatic rings. The minimum atomic E-state index is -0.266. The summed E-state index contributed by atoms with van der Waals surface area (Å²) in [7, 11) is 0. The third kappa shape index (κ3) is 3.76. The van der Waals surface area contributed by atoms with Crippen molar-refractivity contribution in [2.75, 3.05) is 31.5 Å². The Kier molecular flexibility index (Phi) is 4.99. The lowest BCUT2D eigenvalue weighted by molar-refractivity contribution is -0.132. The minimum absolute atomic E-state index is 0.0345. The van der Waals surface area contributed by atoms with Crippen LogP contribution in [0.15, 0.2) is 18.2 Å². The molecule has 2 saturated heterocycles. The highest BCUT2D eigenvalue weighted by Gasteiger charge is 2.32. The molecule has 2 atom stereocenters. The topological polar surface area (TPSA) is 85.7 Å². The first-order chi connectivity index (χ1) is 13.1. The van der Waals surface area contributed by atoms with Crippen LogP contribution in [0.4, 0.5) is 5.69 Å². The number of nitrogens with zero attached hydrogens (tertiary/aromatic N) is 3. The molecule has 0 saturated carbocycles. The van der Waals surface area contributed by atoms with Gasteiger partial charge < -0.3 is 15.0 Å². The van der Waals surface area contributed by atoms with Crippen LogP contribution in [0.2, 0.25) is 0 Å². The van der Waals surface area contributed by atoms with Crippen molar-refractivity contribution in [1.82, 2.24) is 9.80 Å². The Morgan fingerprint density at radius 1 is 1.30 bits per heavy atom. The van der Waals surface area contributed by atoms with Crippen LogP contribution in [0.3, 0.4) is 0 Å². The summed E-state index contributed by atoms with van der Waals surface area (Å²) in [6, 6.07) is 7.71. The summed E-state index contributed by atoms with van der Waals surface area (Å²) in [5.41, 5.74) is 1.89. The maximum atomic E-state index is 12.5. The van der Waals surface area contributed by atoms with Gasteiger partial charge in [0.05, 0.1) is 12.6 Å². The van der Waals surface area contributed by atoms with E-state index in [-0.39, 0.29) is 24.0 Å². The van der Waals surface area contributed by atoms with Crippen LogP contribution < -0.4 is 10.1 Å². The van der Waals surface area contributed by atoms with E-state index in [0.717, 1.165) is 42.8 Å². The van der Waals surface area contributed by atoms with E-state index in [1.807, 2.05) is 18.2 Å². The van der Waals surface area contributed by atoms with E-state index in [1.165, 1.54) is 0 Å². The third-order valence-electron chi connectivity index (χ3n) is 5.61. The number of carbonyl (C=O) groups is 2. The van der Waals surface area contributed by atoms with Crippen molar-refractivity contribution in [2.24, 2.45) is 0 Å². The molecule has 2 amide bonds. The number of nitrogens with one attached hydrogen (secondary N) is 1. The normalized spacial score (nSPS) is 25.0. The molecule has 3 heterocycles. The van der Waals surface area contributed by atoms with Gasteiger partial charge in [-0.1, -0.05) is 6.07 Å². The van der Waals surface area contributed by atoms with Crippen molar-refractivity contribution < 1.29 is 14.3 Å². The fraction of sp³-hybridized carbons (Fsp3) is 0.550. The molecule has 1 aromatic carbocycles. The van der Waals surface area contributed by atoms with Gasteiger partial charge in [-0.05, 0) is 37.8 Å². The molecule has 7 heteroatoms. The largest absolute Gasteiger partial charge is 0.489 e. The molecule has 0 radical (unpaired) electrons. The maximum absolute atomic E-state index is 12.5. The highest BCUT2D eigenvalue weighted by molar-refractivity contribution is 5.94. The quantitative estimate of drug-likeness (QED) is 0.871. The SMILES string of the molecule is N#C[C@@H]1CCCN1C(=O)CN1CC[C@H](Oc2cccc3c2CCC(=O)N3)C1. The zero-order valence-corrected chi connectivity index (χ0v) is 15.3. The zero-order chi connectivity index (χ0) is 18.8. The van der Waals surface area contributed by atoms with Crippen LogP contribution in [0, 0.1) is 11.3 Å². The molecule has 142 valence electrons. The summed E-state index contributed by atoms with van der Waals surface area (Å²) in [5, 5.41) is 12.1. The number of benzene rings is 1. The molecule has 4 rings (SSSR count). The van der Waals surface area contributed by atoms with Crippen molar-refractivity contribution in [3.63, 3.8) is 0 Å². The summed E-state index contributed by atoms with van der Waals surface area (Å²) < 4.78 is 6.22. The summed E-state index contributed by atoms with van der Waals surface area (Å²) in [5.74, 6) is 0.914. The fourth-order valence-electron chi connectivity index (χ4n) is 4.20. The number of ether oxygens (including phenoxy) is 1. The number of anilines is 1. The smallest absolute Gasteiger partial charge is 0.237 e.